The summed E-state index contributed by atoms with van der Waals surface area (Å²) in [6.07, 6.45) is 4.18. The van der Waals surface area contributed by atoms with E-state index < -0.39 is 0 Å². The zero-order valence-electron chi connectivity index (χ0n) is 10.8. The van der Waals surface area contributed by atoms with Crippen molar-refractivity contribution in [2.24, 2.45) is 11.8 Å². The fourth-order valence-electron chi connectivity index (χ4n) is 2.03. The van der Waals surface area contributed by atoms with Crippen molar-refractivity contribution in [3.8, 4) is 0 Å². The van der Waals surface area contributed by atoms with Crippen LogP contribution >= 0.6 is 0 Å². The predicted molar refractivity (Wildman–Crippen MR) is 67.2 cm³/mol. The second kappa shape index (κ2) is 7.24. The second-order valence-corrected chi connectivity index (χ2v) is 5.10. The maximum absolute atomic E-state index is 3.51. The average Bonchev–Trinajstić information content (AvgIpc) is 3.01. The number of nitrogens with one attached hydrogen (secondary N) is 1. The normalized spacial score (nSPS) is 18.4. The summed E-state index contributed by atoms with van der Waals surface area (Å²) in [5, 5.41) is 3.51. The fourth-order valence-corrected chi connectivity index (χ4v) is 2.03. The van der Waals surface area contributed by atoms with Crippen LogP contribution in [0, 0.1) is 11.8 Å². The van der Waals surface area contributed by atoms with Gasteiger partial charge >= 0.3 is 0 Å². The first kappa shape index (κ1) is 13.0. The van der Waals surface area contributed by atoms with Crippen LogP contribution in [0.15, 0.2) is 0 Å². The molecule has 1 fully saturated rings. The van der Waals surface area contributed by atoms with Gasteiger partial charge in [0.2, 0.25) is 0 Å². The van der Waals surface area contributed by atoms with Gasteiger partial charge in [0.05, 0.1) is 0 Å². The van der Waals surface area contributed by atoms with Crippen molar-refractivity contribution >= 4 is 0 Å². The number of hydrogen-bond donors (Lipinski definition) is 1. The van der Waals surface area contributed by atoms with Gasteiger partial charge in [-0.1, -0.05) is 20.8 Å². The summed E-state index contributed by atoms with van der Waals surface area (Å²) >= 11 is 0. The molecule has 1 atom stereocenters. The molecule has 0 aromatic heterocycles. The number of nitrogens with zero attached hydrogens (tertiary/aromatic N) is 1. The Labute approximate surface area is 95.4 Å². The van der Waals surface area contributed by atoms with Gasteiger partial charge in [0.15, 0.2) is 0 Å². The highest BCUT2D eigenvalue weighted by molar-refractivity contribution is 4.77. The molecule has 0 radical (unpaired) electrons. The lowest BCUT2D eigenvalue weighted by Gasteiger charge is -2.24. The predicted octanol–water partition coefficient (Wildman–Crippen LogP) is 2.35. The van der Waals surface area contributed by atoms with Gasteiger partial charge in [0, 0.05) is 13.1 Å². The average molecular weight is 212 g/mol. The van der Waals surface area contributed by atoms with Crippen LogP contribution in [0.3, 0.4) is 0 Å². The third kappa shape index (κ3) is 6.16. The highest BCUT2D eigenvalue weighted by Gasteiger charge is 2.24. The van der Waals surface area contributed by atoms with E-state index >= 15 is 0 Å². The Balaban J connectivity index is 2.06. The van der Waals surface area contributed by atoms with Crippen LogP contribution in [0.4, 0.5) is 0 Å². The first-order valence-corrected chi connectivity index (χ1v) is 6.69. The summed E-state index contributed by atoms with van der Waals surface area (Å²) in [5.41, 5.74) is 0. The zero-order valence-corrected chi connectivity index (χ0v) is 10.8. The van der Waals surface area contributed by atoms with E-state index in [9.17, 15) is 0 Å². The molecule has 0 aromatic rings. The molecule has 0 bridgehead atoms. The molecule has 2 nitrogen and oxygen atoms in total. The first-order valence-electron chi connectivity index (χ1n) is 6.69. The highest BCUT2D eigenvalue weighted by Crippen LogP contribution is 2.29. The smallest absolute Gasteiger partial charge is 0.00191 e. The highest BCUT2D eigenvalue weighted by atomic mass is 15.1. The van der Waals surface area contributed by atoms with Gasteiger partial charge in [-0.05, 0) is 50.7 Å². The molecule has 2 heteroatoms. The van der Waals surface area contributed by atoms with Crippen LogP contribution in [0.2, 0.25) is 0 Å². The second-order valence-electron chi connectivity index (χ2n) is 5.10. The third-order valence-electron chi connectivity index (χ3n) is 3.15. The fraction of sp³-hybridized carbons (Fsp3) is 1.00. The Morgan fingerprint density at radius 1 is 1.33 bits per heavy atom. The Morgan fingerprint density at radius 2 is 2.07 bits per heavy atom. The molecule has 1 saturated carbocycles. The summed E-state index contributed by atoms with van der Waals surface area (Å²) in [6, 6.07) is 0. The van der Waals surface area contributed by atoms with Crippen molar-refractivity contribution in [2.45, 2.75) is 40.0 Å². The van der Waals surface area contributed by atoms with Crippen molar-refractivity contribution in [3.05, 3.63) is 0 Å². The van der Waals surface area contributed by atoms with Gasteiger partial charge in [0.1, 0.15) is 0 Å². The van der Waals surface area contributed by atoms with E-state index in [2.05, 4.69) is 31.0 Å². The monoisotopic (exact) mass is 212 g/mol. The third-order valence-corrected chi connectivity index (χ3v) is 3.15. The van der Waals surface area contributed by atoms with Crippen molar-refractivity contribution in [1.29, 1.82) is 0 Å². The van der Waals surface area contributed by atoms with Gasteiger partial charge < -0.3 is 10.2 Å². The topological polar surface area (TPSA) is 15.3 Å². The molecule has 1 aliphatic carbocycles. The van der Waals surface area contributed by atoms with Crippen LogP contribution in [0.5, 0.6) is 0 Å². The van der Waals surface area contributed by atoms with Crippen molar-refractivity contribution in [1.82, 2.24) is 10.2 Å². The quantitative estimate of drug-likeness (QED) is 0.590. The summed E-state index contributed by atoms with van der Waals surface area (Å²) in [6.45, 7) is 13.0. The molecule has 0 saturated heterocycles. The summed E-state index contributed by atoms with van der Waals surface area (Å²) in [7, 11) is 0. The molecule has 0 spiro atoms. The molecule has 90 valence electrons. The van der Waals surface area contributed by atoms with Crippen molar-refractivity contribution < 1.29 is 0 Å². The van der Waals surface area contributed by atoms with Crippen LogP contribution < -0.4 is 5.32 Å². The van der Waals surface area contributed by atoms with E-state index in [1.165, 1.54) is 52.0 Å². The lowest BCUT2D eigenvalue weighted by molar-refractivity contribution is 0.236. The maximum Gasteiger partial charge on any atom is 0.00191 e. The van der Waals surface area contributed by atoms with E-state index in [0.717, 1.165) is 11.8 Å². The minimum atomic E-state index is 0.787. The SMILES string of the molecule is CCCNCC(C)CN(CC)CC1CC1. The zero-order chi connectivity index (χ0) is 11.1. The van der Waals surface area contributed by atoms with E-state index in [4.69, 9.17) is 0 Å². The molecule has 15 heavy (non-hydrogen) atoms. The van der Waals surface area contributed by atoms with Gasteiger partial charge in [-0.2, -0.15) is 0 Å². The van der Waals surface area contributed by atoms with Gasteiger partial charge in [-0.15, -0.1) is 0 Å². The minimum Gasteiger partial charge on any atom is -0.316 e. The molecule has 1 N–H and O–H groups in total. The Kier molecular flexibility index (Phi) is 6.26. The van der Waals surface area contributed by atoms with E-state index in [1.54, 1.807) is 0 Å². The lowest BCUT2D eigenvalue weighted by Crippen LogP contribution is -2.34. The minimum absolute atomic E-state index is 0.787. The molecular formula is C13H28N2. The molecule has 1 rings (SSSR count). The standard InChI is InChI=1S/C13H28N2/c1-4-8-14-9-12(3)10-15(5-2)11-13-6-7-13/h12-14H,4-11H2,1-3H3. The van der Waals surface area contributed by atoms with Crippen LogP contribution in [0.1, 0.15) is 40.0 Å². The summed E-state index contributed by atoms with van der Waals surface area (Å²) in [5.74, 6) is 1.82. The van der Waals surface area contributed by atoms with Crippen molar-refractivity contribution in [2.75, 3.05) is 32.7 Å². The van der Waals surface area contributed by atoms with E-state index in [0.29, 0.717) is 0 Å². The summed E-state index contributed by atoms with van der Waals surface area (Å²) in [4.78, 5) is 2.62. The lowest BCUT2D eigenvalue weighted by atomic mass is 10.1. The largest absolute Gasteiger partial charge is 0.316 e. The Morgan fingerprint density at radius 3 is 2.60 bits per heavy atom. The molecule has 0 amide bonds. The van der Waals surface area contributed by atoms with Crippen LogP contribution in [-0.2, 0) is 0 Å². The molecule has 1 unspecified atom stereocenters. The summed E-state index contributed by atoms with van der Waals surface area (Å²) < 4.78 is 0. The Bertz CT molecular complexity index is 155. The van der Waals surface area contributed by atoms with Crippen molar-refractivity contribution in [3.63, 3.8) is 0 Å². The molecular weight excluding hydrogens is 184 g/mol. The van der Waals surface area contributed by atoms with Crippen LogP contribution in [0.25, 0.3) is 0 Å². The molecule has 0 heterocycles. The molecule has 0 aromatic carbocycles. The van der Waals surface area contributed by atoms with Gasteiger partial charge in [-0.3, -0.25) is 0 Å². The number of rotatable bonds is 9. The Hall–Kier alpha value is -0.0800. The van der Waals surface area contributed by atoms with Crippen LogP contribution in [-0.4, -0.2) is 37.6 Å². The van der Waals surface area contributed by atoms with Gasteiger partial charge in [0.25, 0.3) is 0 Å². The molecule has 1 aliphatic rings. The van der Waals surface area contributed by atoms with Gasteiger partial charge in [-0.25, -0.2) is 0 Å². The molecule has 0 aliphatic heterocycles. The van der Waals surface area contributed by atoms with E-state index in [1.807, 2.05) is 0 Å². The maximum atomic E-state index is 3.51. The number of hydrogen-bond acceptors (Lipinski definition) is 2. The van der Waals surface area contributed by atoms with E-state index in [-0.39, 0.29) is 0 Å². The first-order chi connectivity index (χ1) is 7.26.